The molecule has 0 aromatic carbocycles. The molecule has 1 N–H and O–H groups in total. The van der Waals surface area contributed by atoms with Crippen molar-refractivity contribution in [1.82, 2.24) is 15.2 Å². The number of likely N-dealkylation sites (tertiary alicyclic amines) is 1. The van der Waals surface area contributed by atoms with Gasteiger partial charge in [0.05, 0.1) is 5.56 Å². The van der Waals surface area contributed by atoms with E-state index >= 15 is 0 Å². The number of hydrogen-bond donors (Lipinski definition) is 1. The molecule has 0 radical (unpaired) electrons. The molecule has 4 nitrogen and oxygen atoms in total. The van der Waals surface area contributed by atoms with Crippen LogP contribution in [0.15, 0.2) is 12.1 Å². The van der Waals surface area contributed by atoms with Crippen LogP contribution in [0.1, 0.15) is 36.0 Å². The lowest BCUT2D eigenvalue weighted by Gasteiger charge is -2.19. The number of nitrogens with one attached hydrogen (secondary N) is 1. The Kier molecular flexibility index (Phi) is 6.07. The van der Waals surface area contributed by atoms with Gasteiger partial charge < -0.3 is 10.2 Å². The van der Waals surface area contributed by atoms with E-state index in [1.807, 2.05) is 0 Å². The molecule has 1 aliphatic heterocycles. The maximum atomic E-state index is 12.0. The number of carbonyl (C=O) groups excluding carboxylic acids is 1. The molecule has 2 rings (SSSR count). The minimum Gasteiger partial charge on any atom is -0.351 e. The molecule has 0 saturated carbocycles. The standard InChI is InChI=1S/C14H19Cl2N3O/c15-12-6-5-11(13(16)18-12)14(20)17-7-10-19-8-3-1-2-4-9-19/h5-6H,1-4,7-10H2,(H,17,20). The summed E-state index contributed by atoms with van der Waals surface area (Å²) in [5, 5.41) is 3.31. The Morgan fingerprint density at radius 3 is 2.55 bits per heavy atom. The largest absolute Gasteiger partial charge is 0.351 e. The summed E-state index contributed by atoms with van der Waals surface area (Å²) < 4.78 is 0. The zero-order valence-electron chi connectivity index (χ0n) is 11.4. The Hall–Kier alpha value is -0.840. The maximum Gasteiger partial charge on any atom is 0.254 e. The van der Waals surface area contributed by atoms with Crippen molar-refractivity contribution in [2.45, 2.75) is 25.7 Å². The van der Waals surface area contributed by atoms with Gasteiger partial charge in [-0.3, -0.25) is 4.79 Å². The fraction of sp³-hybridized carbons (Fsp3) is 0.571. The van der Waals surface area contributed by atoms with E-state index in [0.717, 1.165) is 19.6 Å². The Morgan fingerprint density at radius 1 is 1.20 bits per heavy atom. The molecule has 1 aromatic heterocycles. The van der Waals surface area contributed by atoms with Crippen molar-refractivity contribution in [2.24, 2.45) is 0 Å². The smallest absolute Gasteiger partial charge is 0.254 e. The second-order valence-electron chi connectivity index (χ2n) is 4.98. The van der Waals surface area contributed by atoms with Crippen LogP contribution >= 0.6 is 23.2 Å². The summed E-state index contributed by atoms with van der Waals surface area (Å²) in [7, 11) is 0. The molecule has 1 aromatic rings. The lowest BCUT2D eigenvalue weighted by molar-refractivity contribution is 0.0948. The van der Waals surface area contributed by atoms with Crippen LogP contribution in [0.2, 0.25) is 10.3 Å². The quantitative estimate of drug-likeness (QED) is 0.869. The van der Waals surface area contributed by atoms with Crippen LogP contribution in [-0.4, -0.2) is 42.0 Å². The van der Waals surface area contributed by atoms with E-state index in [0.29, 0.717) is 12.1 Å². The van der Waals surface area contributed by atoms with Crippen molar-refractivity contribution < 1.29 is 4.79 Å². The first-order valence-corrected chi connectivity index (χ1v) is 7.75. The van der Waals surface area contributed by atoms with Gasteiger partial charge in [0.2, 0.25) is 0 Å². The Morgan fingerprint density at radius 2 is 1.90 bits per heavy atom. The van der Waals surface area contributed by atoms with Crippen molar-refractivity contribution >= 4 is 29.1 Å². The topological polar surface area (TPSA) is 45.2 Å². The zero-order chi connectivity index (χ0) is 14.4. The maximum absolute atomic E-state index is 12.0. The summed E-state index contributed by atoms with van der Waals surface area (Å²) in [4.78, 5) is 18.3. The molecule has 20 heavy (non-hydrogen) atoms. The molecule has 0 spiro atoms. The van der Waals surface area contributed by atoms with Gasteiger partial charge in [-0.05, 0) is 38.1 Å². The van der Waals surface area contributed by atoms with Gasteiger partial charge in [0.25, 0.3) is 5.91 Å². The van der Waals surface area contributed by atoms with Gasteiger partial charge in [-0.1, -0.05) is 36.0 Å². The molecule has 1 aliphatic rings. The van der Waals surface area contributed by atoms with Gasteiger partial charge in [0.15, 0.2) is 0 Å². The third-order valence-corrected chi connectivity index (χ3v) is 3.97. The first-order valence-electron chi connectivity index (χ1n) is 6.99. The van der Waals surface area contributed by atoms with E-state index in [1.54, 1.807) is 12.1 Å². The number of halogens is 2. The Labute approximate surface area is 129 Å². The molecule has 2 heterocycles. The number of hydrogen-bond acceptors (Lipinski definition) is 3. The highest BCUT2D eigenvalue weighted by Crippen LogP contribution is 2.16. The van der Waals surface area contributed by atoms with Crippen molar-refractivity contribution in [3.05, 3.63) is 28.0 Å². The molecule has 0 unspecified atom stereocenters. The first kappa shape index (κ1) is 15.5. The average Bonchev–Trinajstić information content (AvgIpc) is 2.67. The van der Waals surface area contributed by atoms with E-state index < -0.39 is 0 Å². The van der Waals surface area contributed by atoms with Crippen LogP contribution in [0, 0.1) is 0 Å². The second kappa shape index (κ2) is 7.81. The Balaban J connectivity index is 1.79. The zero-order valence-corrected chi connectivity index (χ0v) is 12.9. The number of pyridine rings is 1. The molecular weight excluding hydrogens is 297 g/mol. The van der Waals surface area contributed by atoms with Crippen LogP contribution in [0.25, 0.3) is 0 Å². The number of aromatic nitrogens is 1. The van der Waals surface area contributed by atoms with Gasteiger partial charge in [-0.2, -0.15) is 0 Å². The first-order chi connectivity index (χ1) is 9.66. The highest BCUT2D eigenvalue weighted by Gasteiger charge is 2.13. The average molecular weight is 316 g/mol. The SMILES string of the molecule is O=C(NCCN1CCCCCC1)c1ccc(Cl)nc1Cl. The van der Waals surface area contributed by atoms with Crippen LogP contribution in [0.4, 0.5) is 0 Å². The van der Waals surface area contributed by atoms with E-state index in [-0.39, 0.29) is 16.2 Å². The van der Waals surface area contributed by atoms with Crippen LogP contribution in [0.3, 0.4) is 0 Å². The third kappa shape index (κ3) is 4.62. The summed E-state index contributed by atoms with van der Waals surface area (Å²) >= 11 is 11.6. The molecule has 6 heteroatoms. The predicted molar refractivity (Wildman–Crippen MR) is 81.5 cm³/mol. The molecular formula is C14H19Cl2N3O. The minimum atomic E-state index is -0.200. The Bertz CT molecular complexity index is 460. The predicted octanol–water partition coefficient (Wildman–Crippen LogP) is 2.99. The normalized spacial score (nSPS) is 16.7. The van der Waals surface area contributed by atoms with Crippen molar-refractivity contribution in [2.75, 3.05) is 26.2 Å². The molecule has 0 bridgehead atoms. The van der Waals surface area contributed by atoms with Gasteiger partial charge >= 0.3 is 0 Å². The van der Waals surface area contributed by atoms with Crippen molar-refractivity contribution in [3.8, 4) is 0 Å². The summed E-state index contributed by atoms with van der Waals surface area (Å²) in [5.74, 6) is -0.200. The van der Waals surface area contributed by atoms with Crippen LogP contribution in [-0.2, 0) is 0 Å². The van der Waals surface area contributed by atoms with Gasteiger partial charge in [-0.25, -0.2) is 4.98 Å². The van der Waals surface area contributed by atoms with Crippen molar-refractivity contribution in [1.29, 1.82) is 0 Å². The number of nitrogens with zero attached hydrogens (tertiary/aromatic N) is 2. The molecule has 1 saturated heterocycles. The minimum absolute atomic E-state index is 0.143. The summed E-state index contributed by atoms with van der Waals surface area (Å²) in [6.07, 6.45) is 5.13. The van der Waals surface area contributed by atoms with E-state index in [2.05, 4.69) is 15.2 Å². The third-order valence-electron chi connectivity index (χ3n) is 3.47. The van der Waals surface area contributed by atoms with Gasteiger partial charge in [-0.15, -0.1) is 0 Å². The lowest BCUT2D eigenvalue weighted by atomic mass is 10.2. The van der Waals surface area contributed by atoms with Crippen LogP contribution < -0.4 is 5.32 Å². The highest BCUT2D eigenvalue weighted by molar-refractivity contribution is 6.34. The summed E-state index contributed by atoms with van der Waals surface area (Å²) in [5.41, 5.74) is 0.368. The monoisotopic (exact) mass is 315 g/mol. The fourth-order valence-corrected chi connectivity index (χ4v) is 2.79. The summed E-state index contributed by atoms with van der Waals surface area (Å²) in [6.45, 7) is 3.75. The second-order valence-corrected chi connectivity index (χ2v) is 5.73. The fourth-order valence-electron chi connectivity index (χ4n) is 2.36. The molecule has 1 fully saturated rings. The number of carbonyl (C=O) groups is 1. The lowest BCUT2D eigenvalue weighted by Crippen LogP contribution is -2.35. The number of amides is 1. The van der Waals surface area contributed by atoms with E-state index in [1.165, 1.54) is 25.7 Å². The number of rotatable bonds is 4. The van der Waals surface area contributed by atoms with Crippen molar-refractivity contribution in [3.63, 3.8) is 0 Å². The molecule has 110 valence electrons. The molecule has 1 amide bonds. The summed E-state index contributed by atoms with van der Waals surface area (Å²) in [6, 6.07) is 3.16. The van der Waals surface area contributed by atoms with Gasteiger partial charge in [0, 0.05) is 13.1 Å². The van der Waals surface area contributed by atoms with E-state index in [9.17, 15) is 4.79 Å². The van der Waals surface area contributed by atoms with Gasteiger partial charge in [0.1, 0.15) is 10.3 Å². The van der Waals surface area contributed by atoms with Crippen LogP contribution in [0.5, 0.6) is 0 Å². The van der Waals surface area contributed by atoms with E-state index in [4.69, 9.17) is 23.2 Å². The molecule has 0 aliphatic carbocycles. The highest BCUT2D eigenvalue weighted by atomic mass is 35.5. The molecule has 0 atom stereocenters.